The summed E-state index contributed by atoms with van der Waals surface area (Å²) in [7, 11) is 0. The fourth-order valence-electron chi connectivity index (χ4n) is 16.4. The molecular weight excluding hydrogens is 1230 g/mol. The molecule has 11 rings (SSSR count). The summed E-state index contributed by atoms with van der Waals surface area (Å²) >= 11 is 0. The van der Waals surface area contributed by atoms with Crippen LogP contribution in [0.5, 0.6) is 0 Å². The van der Waals surface area contributed by atoms with Gasteiger partial charge in [0.05, 0.1) is 55.4 Å². The highest BCUT2D eigenvalue weighted by molar-refractivity contribution is 6.04. The highest BCUT2D eigenvalue weighted by Crippen LogP contribution is 2.47. The van der Waals surface area contributed by atoms with E-state index in [4.69, 9.17) is 9.97 Å². The zero-order valence-corrected chi connectivity index (χ0v) is 63.8. The van der Waals surface area contributed by atoms with Crippen LogP contribution in [0.25, 0.3) is 88.2 Å². The predicted octanol–water partition coefficient (Wildman–Crippen LogP) is 22.6. The molecule has 3 aromatic carbocycles. The van der Waals surface area contributed by atoms with Crippen molar-refractivity contribution in [2.75, 3.05) is 18.0 Å². The number of benzene rings is 3. The Kier molecular flexibility index (Phi) is 23.3. The van der Waals surface area contributed by atoms with E-state index in [1.54, 1.807) is 0 Å². The molecule has 0 unspecified atom stereocenters. The summed E-state index contributed by atoms with van der Waals surface area (Å²) in [5, 5.41) is 0.882. The number of anilines is 1. The summed E-state index contributed by atoms with van der Waals surface area (Å²) < 4.78 is 2.69. The molecule has 1 saturated heterocycles. The van der Waals surface area contributed by atoms with E-state index in [9.17, 15) is 19.2 Å². The maximum atomic E-state index is 14.3. The standard InChI is InChI=1S/C89H117N7O4/c1-16-21-26-31-36-66-56(6)80-78(60-40-42-64(43-41-60)94-47-44-65(45-48-94)96-86(99)72-52-70-71(53-73(72)87(96)100)85(98)95(84(70)97)46-35-30-25-20-5)81-57(7)67(37-32-27-22-17-2)75(91-81)55-77-69(39-34-29-24-19-4)59(9)83(93-77)79(61-49-62(88(10,11)12)51-63(50-61)89(13,14)15)82-58(8)68(38-33-28-23-18-3)76(92-82)54-74(66)90-80/h40-43,49-55,65,90,93H,16-39,44-48H2,1-15H3. The number of nitrogens with one attached hydrogen (secondary N) is 2. The molecule has 0 amide bonds. The number of aryl methyl sites for hydroxylation is 4. The minimum absolute atomic E-state index is 0.0928. The summed E-state index contributed by atoms with van der Waals surface area (Å²) in [5.74, 6) is 0. The van der Waals surface area contributed by atoms with Crippen LogP contribution in [0.1, 0.15) is 306 Å². The van der Waals surface area contributed by atoms with E-state index in [1.807, 2.05) is 0 Å². The maximum Gasteiger partial charge on any atom is 0.261 e. The minimum Gasteiger partial charge on any atom is -0.371 e. The van der Waals surface area contributed by atoms with Gasteiger partial charge in [-0.2, -0.15) is 0 Å². The zero-order valence-electron chi connectivity index (χ0n) is 63.8. The van der Waals surface area contributed by atoms with Crippen molar-refractivity contribution < 1.29 is 0 Å². The van der Waals surface area contributed by atoms with Crippen molar-refractivity contribution >= 4 is 71.6 Å². The monoisotopic (exact) mass is 1350 g/mol. The van der Waals surface area contributed by atoms with Gasteiger partial charge >= 0.3 is 0 Å². The fraction of sp³-hybridized carbons (Fsp3) is 0.528. The average molecular weight is 1350 g/mol. The fourth-order valence-corrected chi connectivity index (χ4v) is 16.4. The number of unbranched alkanes of at least 4 members (excludes halogenated alkanes) is 15. The van der Waals surface area contributed by atoms with E-state index in [0.29, 0.717) is 32.5 Å². The summed E-state index contributed by atoms with van der Waals surface area (Å²) in [6.07, 6.45) is 27.3. The van der Waals surface area contributed by atoms with Gasteiger partial charge in [0.15, 0.2) is 0 Å². The topological polar surface area (TPSA) is 139 Å². The number of fused-ring (bicyclic) bond motifs is 10. The smallest absolute Gasteiger partial charge is 0.261 e. The largest absolute Gasteiger partial charge is 0.371 e. The first-order chi connectivity index (χ1) is 48.0. The molecule has 8 bridgehead atoms. The van der Waals surface area contributed by atoms with Crippen LogP contribution < -0.4 is 27.1 Å². The number of hydrogen-bond acceptors (Lipinski definition) is 7. The van der Waals surface area contributed by atoms with E-state index < -0.39 is 0 Å². The molecule has 8 heterocycles. The van der Waals surface area contributed by atoms with Crippen molar-refractivity contribution in [1.29, 1.82) is 0 Å². The highest BCUT2D eigenvalue weighted by Gasteiger charge is 2.31. The number of piperidine rings is 1. The lowest BCUT2D eigenvalue weighted by Gasteiger charge is -2.33. The number of hydrogen-bond donors (Lipinski definition) is 2. The third kappa shape index (κ3) is 15.1. The first kappa shape index (κ1) is 73.6. The predicted molar refractivity (Wildman–Crippen MR) is 426 cm³/mol. The summed E-state index contributed by atoms with van der Waals surface area (Å²) in [6.45, 7) is 36.5. The molecule has 0 saturated carbocycles. The van der Waals surface area contributed by atoms with Crippen LogP contribution in [0.3, 0.4) is 0 Å². The van der Waals surface area contributed by atoms with Gasteiger partial charge in [0.25, 0.3) is 22.2 Å². The Balaban J connectivity index is 1.11. The van der Waals surface area contributed by atoms with E-state index in [2.05, 4.69) is 173 Å². The quantitative estimate of drug-likeness (QED) is 0.0445. The van der Waals surface area contributed by atoms with Crippen molar-refractivity contribution in [2.24, 2.45) is 0 Å². The van der Waals surface area contributed by atoms with Crippen molar-refractivity contribution in [1.82, 2.24) is 29.1 Å². The average Bonchev–Trinajstić information content (AvgIpc) is 1.58. The molecule has 0 spiro atoms. The Morgan fingerprint density at radius 2 is 0.830 bits per heavy atom. The van der Waals surface area contributed by atoms with Gasteiger partial charge in [0.2, 0.25) is 0 Å². The SMILES string of the molecule is CCCCCCC1=C(C)c2nc1cc1[nH]c(c(C)c1CCCCCC)c(-c1ccc(N3CCC(n4c(=O)c5cc6c(=O)n(CCCCCC)c(=O)c6cc5c4=O)CC3)cc1)c1nc(cc3[nH]c(c(C)c3CCCCCC)c2-c2cc(C(C)(C)C)cc(C(C)(C)C)c2)C(CCCCCC)=C1C. The Hall–Kier alpha value is -7.66. The first-order valence-corrected chi connectivity index (χ1v) is 39.2. The molecule has 2 N–H and O–H groups in total. The second-order valence-electron chi connectivity index (χ2n) is 32.0. The van der Waals surface area contributed by atoms with Crippen LogP contribution in [0.2, 0.25) is 0 Å². The number of nitrogens with zero attached hydrogens (tertiary/aromatic N) is 5. The second-order valence-corrected chi connectivity index (χ2v) is 32.0. The van der Waals surface area contributed by atoms with Crippen molar-refractivity contribution in [3.8, 4) is 22.3 Å². The van der Waals surface area contributed by atoms with Crippen LogP contribution in [0, 0.1) is 13.8 Å². The summed E-state index contributed by atoms with van der Waals surface area (Å²) in [6, 6.07) is 24.1. The van der Waals surface area contributed by atoms with Crippen LogP contribution in [-0.4, -0.2) is 42.2 Å². The molecular formula is C89H117N7O4. The van der Waals surface area contributed by atoms with Crippen LogP contribution >= 0.6 is 0 Å². The molecule has 11 heteroatoms. The van der Waals surface area contributed by atoms with Crippen LogP contribution in [-0.2, 0) is 30.2 Å². The van der Waals surface area contributed by atoms with Gasteiger partial charge in [0.1, 0.15) is 0 Å². The number of rotatable bonds is 29. The maximum absolute atomic E-state index is 14.3. The van der Waals surface area contributed by atoms with Gasteiger partial charge in [-0.15, -0.1) is 0 Å². The summed E-state index contributed by atoms with van der Waals surface area (Å²) in [5.41, 5.74) is 25.8. The Morgan fingerprint density at radius 1 is 0.440 bits per heavy atom. The molecule has 100 heavy (non-hydrogen) atoms. The lowest BCUT2D eigenvalue weighted by Crippen LogP contribution is -2.39. The van der Waals surface area contributed by atoms with Gasteiger partial charge in [0, 0.05) is 53.5 Å². The van der Waals surface area contributed by atoms with Gasteiger partial charge in [-0.3, -0.25) is 28.3 Å². The lowest BCUT2D eigenvalue weighted by molar-refractivity contribution is 0.385. The zero-order chi connectivity index (χ0) is 71.3. The number of aromatic nitrogens is 6. The van der Waals surface area contributed by atoms with Crippen LogP contribution in [0.4, 0.5) is 5.69 Å². The van der Waals surface area contributed by atoms with E-state index in [0.717, 1.165) is 145 Å². The minimum atomic E-state index is -0.381. The lowest BCUT2D eigenvalue weighted by atomic mass is 9.78. The molecule has 0 atom stereocenters. The van der Waals surface area contributed by atoms with E-state index in [1.165, 1.54) is 159 Å². The molecule has 8 aromatic rings. The molecule has 11 nitrogen and oxygen atoms in total. The molecule has 3 aliphatic rings. The highest BCUT2D eigenvalue weighted by atomic mass is 16.2. The normalized spacial score (nSPS) is 14.2. The van der Waals surface area contributed by atoms with E-state index in [-0.39, 0.29) is 60.7 Å². The molecule has 1 fully saturated rings. The number of allylic oxidation sites excluding steroid dienone is 4. The molecule has 3 aliphatic heterocycles. The third-order valence-electron chi connectivity index (χ3n) is 22.7. The number of aromatic amines is 2. The first-order valence-electron chi connectivity index (χ1n) is 39.2. The van der Waals surface area contributed by atoms with Crippen molar-refractivity contribution in [3.63, 3.8) is 0 Å². The third-order valence-corrected chi connectivity index (χ3v) is 22.7. The van der Waals surface area contributed by atoms with Crippen LogP contribution in [0.15, 0.2) is 85.9 Å². The van der Waals surface area contributed by atoms with Crippen molar-refractivity contribution in [3.05, 3.63) is 164 Å². The Morgan fingerprint density at radius 3 is 1.24 bits per heavy atom. The molecule has 5 aromatic heterocycles. The Bertz CT molecular complexity index is 4650. The van der Waals surface area contributed by atoms with Gasteiger partial charge < -0.3 is 14.9 Å². The van der Waals surface area contributed by atoms with Gasteiger partial charge in [-0.05, 0) is 212 Å². The summed E-state index contributed by atoms with van der Waals surface area (Å²) in [4.78, 5) is 78.7. The molecule has 0 aliphatic carbocycles. The second kappa shape index (κ2) is 31.7. The molecule has 532 valence electrons. The van der Waals surface area contributed by atoms with E-state index >= 15 is 0 Å². The van der Waals surface area contributed by atoms with Crippen molar-refractivity contribution in [2.45, 2.75) is 294 Å². The van der Waals surface area contributed by atoms with Gasteiger partial charge in [-0.25, -0.2) is 9.97 Å². The molecule has 0 radical (unpaired) electrons. The van der Waals surface area contributed by atoms with Gasteiger partial charge in [-0.1, -0.05) is 203 Å². The number of H-pyrrole nitrogens is 2. The Labute approximate surface area is 596 Å².